The first-order chi connectivity index (χ1) is 17.1. The highest BCUT2D eigenvalue weighted by Gasteiger charge is 2.66. The lowest BCUT2D eigenvalue weighted by Crippen LogP contribution is -2.51. The zero-order valence-electron chi connectivity index (χ0n) is 21.0. The van der Waals surface area contributed by atoms with Crippen LogP contribution in [0, 0.1) is 16.7 Å². The molecular formula is C28H34N2O4S2. The summed E-state index contributed by atoms with van der Waals surface area (Å²) in [6, 6.07) is 11.8. The predicted molar refractivity (Wildman–Crippen MR) is 140 cm³/mol. The second-order valence-corrected chi connectivity index (χ2v) is 14.6. The van der Waals surface area contributed by atoms with Crippen LogP contribution in [0.3, 0.4) is 0 Å². The Hall–Kier alpha value is -2.03. The summed E-state index contributed by atoms with van der Waals surface area (Å²) in [6.45, 7) is 4.55. The number of carbonyl (C=O) groups is 2. The third kappa shape index (κ3) is 3.71. The van der Waals surface area contributed by atoms with Crippen molar-refractivity contribution >= 4 is 33.1 Å². The average Bonchev–Trinajstić information content (AvgIpc) is 3.48. The van der Waals surface area contributed by atoms with Gasteiger partial charge in [0.15, 0.2) is 0 Å². The maximum absolute atomic E-state index is 13.9. The number of hydrogen-bond acceptors (Lipinski definition) is 5. The summed E-state index contributed by atoms with van der Waals surface area (Å²) in [5.74, 6) is 0.0358. The van der Waals surface area contributed by atoms with Crippen molar-refractivity contribution in [2.45, 2.75) is 64.5 Å². The van der Waals surface area contributed by atoms with Crippen LogP contribution in [0.15, 0.2) is 41.8 Å². The molecule has 3 saturated carbocycles. The first kappa shape index (κ1) is 24.3. The van der Waals surface area contributed by atoms with Crippen LogP contribution < -0.4 is 0 Å². The maximum Gasteiger partial charge on any atom is 0.238 e. The van der Waals surface area contributed by atoms with Crippen molar-refractivity contribution in [3.8, 4) is 0 Å². The molecule has 192 valence electrons. The van der Waals surface area contributed by atoms with Crippen molar-refractivity contribution in [2.75, 3.05) is 18.8 Å². The normalized spacial score (nSPS) is 29.1. The van der Waals surface area contributed by atoms with Crippen LogP contribution >= 0.6 is 11.3 Å². The summed E-state index contributed by atoms with van der Waals surface area (Å²) >= 11 is 1.72. The lowest BCUT2D eigenvalue weighted by Gasteiger charge is -2.39. The zero-order valence-corrected chi connectivity index (χ0v) is 22.6. The summed E-state index contributed by atoms with van der Waals surface area (Å²) in [6.07, 6.45) is 4.36. The number of thiophene rings is 1. The highest BCUT2D eigenvalue weighted by atomic mass is 32.2. The molecule has 3 aliphatic carbocycles. The van der Waals surface area contributed by atoms with Gasteiger partial charge in [0.05, 0.1) is 18.3 Å². The molecule has 0 spiro atoms. The number of sulfonamides is 1. The average molecular weight is 527 g/mol. The number of hydrogen-bond donors (Lipinski definition) is 0. The Morgan fingerprint density at radius 3 is 2.53 bits per heavy atom. The Morgan fingerprint density at radius 1 is 1.14 bits per heavy atom. The summed E-state index contributed by atoms with van der Waals surface area (Å²) in [7, 11) is -3.79. The van der Waals surface area contributed by atoms with E-state index in [9.17, 15) is 18.0 Å². The Bertz CT molecular complexity index is 1300. The Kier molecular flexibility index (Phi) is 5.74. The fourth-order valence-electron chi connectivity index (χ4n) is 7.12. The van der Waals surface area contributed by atoms with Crippen molar-refractivity contribution in [1.29, 1.82) is 0 Å². The van der Waals surface area contributed by atoms with Gasteiger partial charge in [0, 0.05) is 29.3 Å². The number of nitrogens with zero attached hydrogens (tertiary/aromatic N) is 2. The molecule has 6 rings (SSSR count). The molecule has 0 saturated heterocycles. The Morgan fingerprint density at radius 2 is 1.89 bits per heavy atom. The molecule has 1 aromatic carbocycles. The van der Waals surface area contributed by atoms with Gasteiger partial charge in [0.25, 0.3) is 0 Å². The molecule has 8 heteroatoms. The van der Waals surface area contributed by atoms with Crippen LogP contribution in [0.25, 0.3) is 0 Å². The van der Waals surface area contributed by atoms with E-state index in [0.29, 0.717) is 19.4 Å². The number of carbonyl (C=O) groups excluding carboxylic acids is 2. The molecule has 6 nitrogen and oxygen atoms in total. The van der Waals surface area contributed by atoms with Gasteiger partial charge in [-0.2, -0.15) is 4.31 Å². The number of fused-ring (bicyclic) bond motifs is 3. The lowest BCUT2D eigenvalue weighted by molar-refractivity contribution is -0.133. The van der Waals surface area contributed by atoms with Crippen LogP contribution in [0.4, 0.5) is 0 Å². The molecule has 0 radical (unpaired) electrons. The van der Waals surface area contributed by atoms with Crippen LogP contribution in [-0.2, 0) is 26.0 Å². The quantitative estimate of drug-likeness (QED) is 0.536. The minimum absolute atomic E-state index is 0.0968. The molecule has 3 unspecified atom stereocenters. The number of Topliss-reactive ketones (excluding diaryl/α,β-unsaturated/α-hetero) is 1. The minimum Gasteiger partial charge on any atom is -0.330 e. The van der Waals surface area contributed by atoms with E-state index in [4.69, 9.17) is 0 Å². The molecule has 1 amide bonds. The van der Waals surface area contributed by atoms with Crippen molar-refractivity contribution in [1.82, 2.24) is 9.21 Å². The first-order valence-electron chi connectivity index (χ1n) is 13.1. The number of ketones is 1. The highest BCUT2D eigenvalue weighted by Crippen LogP contribution is 2.64. The van der Waals surface area contributed by atoms with Crippen LogP contribution in [-0.4, -0.2) is 54.2 Å². The lowest BCUT2D eigenvalue weighted by atomic mass is 9.70. The van der Waals surface area contributed by atoms with E-state index in [1.165, 1.54) is 9.18 Å². The predicted octanol–water partition coefficient (Wildman–Crippen LogP) is 4.41. The SMILES string of the molecule is CC1(C)C2CCC1(CS(=O)(=O)N(CC(=O)N1CCc3sccc3C1c1ccccc1)C1CC1)C(=O)C2. The Balaban J connectivity index is 1.28. The van der Waals surface area contributed by atoms with E-state index in [2.05, 4.69) is 25.3 Å². The summed E-state index contributed by atoms with van der Waals surface area (Å²) in [4.78, 5) is 30.1. The van der Waals surface area contributed by atoms with Gasteiger partial charge in [0.1, 0.15) is 5.78 Å². The van der Waals surface area contributed by atoms with Crippen molar-refractivity contribution < 1.29 is 18.0 Å². The molecule has 1 aliphatic heterocycles. The number of benzene rings is 1. The molecule has 0 N–H and O–H groups in total. The van der Waals surface area contributed by atoms with Crippen LogP contribution in [0.2, 0.25) is 0 Å². The fraction of sp³-hybridized carbons (Fsp3) is 0.571. The van der Waals surface area contributed by atoms with Gasteiger partial charge in [-0.1, -0.05) is 44.2 Å². The van der Waals surface area contributed by atoms with Crippen LogP contribution in [0.5, 0.6) is 0 Å². The summed E-state index contributed by atoms with van der Waals surface area (Å²) < 4.78 is 29.3. The molecule has 2 bridgehead atoms. The van der Waals surface area contributed by atoms with Crippen molar-refractivity contribution in [2.24, 2.45) is 16.7 Å². The molecule has 36 heavy (non-hydrogen) atoms. The van der Waals surface area contributed by atoms with E-state index in [0.717, 1.165) is 36.8 Å². The van der Waals surface area contributed by atoms with Crippen LogP contribution in [0.1, 0.15) is 68.0 Å². The molecule has 1 aromatic heterocycles. The van der Waals surface area contributed by atoms with Gasteiger partial charge in [-0.3, -0.25) is 9.59 Å². The van der Waals surface area contributed by atoms with Gasteiger partial charge < -0.3 is 4.90 Å². The van der Waals surface area contributed by atoms with E-state index in [1.54, 1.807) is 11.3 Å². The van der Waals surface area contributed by atoms with E-state index >= 15 is 0 Å². The number of rotatable bonds is 7. The van der Waals surface area contributed by atoms with E-state index in [1.807, 2.05) is 35.2 Å². The smallest absolute Gasteiger partial charge is 0.238 e. The second-order valence-electron chi connectivity index (χ2n) is 11.6. The first-order valence-corrected chi connectivity index (χ1v) is 15.6. The standard InChI is InChI=1S/C28H34N2O4S2/c1-27(2)20-10-13-28(27,24(31)16-20)18-36(33,34)30(21-8-9-21)17-25(32)29-14-11-23-22(12-15-35-23)26(29)19-6-4-3-5-7-19/h3-7,12,15,20-21,26H,8-11,13-14,16-18H2,1-2H3. The van der Waals surface area contributed by atoms with Gasteiger partial charge >= 0.3 is 0 Å². The minimum atomic E-state index is -3.79. The van der Waals surface area contributed by atoms with Gasteiger partial charge in [0.2, 0.25) is 15.9 Å². The van der Waals surface area contributed by atoms with Gasteiger partial charge in [-0.25, -0.2) is 8.42 Å². The summed E-state index contributed by atoms with van der Waals surface area (Å²) in [5, 5.41) is 2.07. The molecule has 2 aromatic rings. The topological polar surface area (TPSA) is 74.8 Å². The monoisotopic (exact) mass is 526 g/mol. The maximum atomic E-state index is 13.9. The highest BCUT2D eigenvalue weighted by molar-refractivity contribution is 7.89. The molecule has 3 atom stereocenters. The van der Waals surface area contributed by atoms with Gasteiger partial charge in [-0.15, -0.1) is 11.3 Å². The largest absolute Gasteiger partial charge is 0.330 e. The van der Waals surface area contributed by atoms with E-state index in [-0.39, 0.29) is 47.4 Å². The van der Waals surface area contributed by atoms with E-state index < -0.39 is 15.4 Å². The van der Waals surface area contributed by atoms with Crippen molar-refractivity contribution in [3.05, 3.63) is 57.8 Å². The molecule has 4 aliphatic rings. The van der Waals surface area contributed by atoms with Gasteiger partial charge in [-0.05, 0) is 66.0 Å². The zero-order chi connectivity index (χ0) is 25.3. The number of amides is 1. The molecule has 3 fully saturated rings. The third-order valence-electron chi connectivity index (χ3n) is 9.57. The van der Waals surface area contributed by atoms with Crippen molar-refractivity contribution in [3.63, 3.8) is 0 Å². The summed E-state index contributed by atoms with van der Waals surface area (Å²) in [5.41, 5.74) is 1.04. The Labute approximate surface area is 217 Å². The molecule has 2 heterocycles. The molecular weight excluding hydrogens is 492 g/mol. The fourth-order valence-corrected chi connectivity index (χ4v) is 10.5. The second kappa shape index (κ2) is 8.50. The third-order valence-corrected chi connectivity index (χ3v) is 12.6.